The first-order valence-electron chi connectivity index (χ1n) is 7.80. The van der Waals surface area contributed by atoms with Crippen molar-refractivity contribution in [3.63, 3.8) is 0 Å². The smallest absolute Gasteiger partial charge is 0.0667 e. The van der Waals surface area contributed by atoms with Gasteiger partial charge in [-0.3, -0.25) is 4.90 Å². The Morgan fingerprint density at radius 1 is 1.00 bits per heavy atom. The van der Waals surface area contributed by atoms with Crippen LogP contribution in [0.2, 0.25) is 0 Å². The Bertz CT molecular complexity index is 397. The summed E-state index contributed by atoms with van der Waals surface area (Å²) in [6, 6.07) is 11.0. The predicted molar refractivity (Wildman–Crippen MR) is 78.0 cm³/mol. The fraction of sp³-hybridized carbons (Fsp3) is 0.647. The van der Waals surface area contributed by atoms with Crippen molar-refractivity contribution in [3.8, 4) is 0 Å². The number of hydrogen-bond acceptors (Lipinski definition) is 2. The molecule has 1 saturated heterocycles. The number of piperidine rings is 1. The number of likely N-dealkylation sites (tertiary alicyclic amines) is 1. The summed E-state index contributed by atoms with van der Waals surface area (Å²) in [5, 5.41) is 10.0. The first kappa shape index (κ1) is 13.1. The molecule has 1 aromatic carbocycles. The maximum Gasteiger partial charge on any atom is 0.0667 e. The number of hydrogen-bond donors (Lipinski definition) is 1. The molecule has 1 saturated carbocycles. The van der Waals surface area contributed by atoms with Crippen molar-refractivity contribution < 1.29 is 5.11 Å². The summed E-state index contributed by atoms with van der Waals surface area (Å²) in [5.41, 5.74) is 1.66. The van der Waals surface area contributed by atoms with Crippen LogP contribution >= 0.6 is 0 Å². The van der Waals surface area contributed by atoms with Crippen molar-refractivity contribution in [2.24, 2.45) is 0 Å². The molecule has 2 nitrogen and oxygen atoms in total. The Labute approximate surface area is 116 Å². The van der Waals surface area contributed by atoms with Gasteiger partial charge < -0.3 is 5.11 Å². The molecule has 2 heteroatoms. The largest absolute Gasteiger partial charge is 0.392 e. The van der Waals surface area contributed by atoms with E-state index in [9.17, 15) is 5.11 Å². The molecule has 2 fully saturated rings. The third-order valence-electron chi connectivity index (χ3n) is 4.99. The second-order valence-electron chi connectivity index (χ2n) is 6.20. The molecule has 2 aliphatic rings. The summed E-state index contributed by atoms with van der Waals surface area (Å²) in [4.78, 5) is 2.58. The monoisotopic (exact) mass is 259 g/mol. The summed E-state index contributed by atoms with van der Waals surface area (Å²) in [6.07, 6.45) is 8.50. The molecule has 1 aromatic rings. The van der Waals surface area contributed by atoms with Gasteiger partial charge in [0.05, 0.1) is 6.10 Å². The van der Waals surface area contributed by atoms with Gasteiger partial charge in [0.25, 0.3) is 0 Å². The zero-order valence-electron chi connectivity index (χ0n) is 11.7. The summed E-state index contributed by atoms with van der Waals surface area (Å²) in [5.74, 6) is 0. The lowest BCUT2D eigenvalue weighted by molar-refractivity contribution is -0.0212. The molecule has 0 amide bonds. The average molecular weight is 259 g/mol. The minimum Gasteiger partial charge on any atom is -0.392 e. The molecule has 104 valence electrons. The van der Waals surface area contributed by atoms with Crippen molar-refractivity contribution in [1.82, 2.24) is 4.90 Å². The molecular weight excluding hydrogens is 234 g/mol. The molecule has 0 spiro atoms. The van der Waals surface area contributed by atoms with Crippen molar-refractivity contribution >= 4 is 0 Å². The van der Waals surface area contributed by atoms with Gasteiger partial charge >= 0.3 is 0 Å². The number of aliphatic hydroxyl groups is 1. The fourth-order valence-corrected chi connectivity index (χ4v) is 4.02. The van der Waals surface area contributed by atoms with Gasteiger partial charge in [-0.05, 0) is 37.8 Å². The lowest BCUT2D eigenvalue weighted by Gasteiger charge is -2.49. The highest BCUT2D eigenvalue weighted by atomic mass is 16.3. The molecule has 3 rings (SSSR count). The summed E-state index contributed by atoms with van der Waals surface area (Å²) >= 11 is 0. The zero-order valence-corrected chi connectivity index (χ0v) is 11.7. The van der Waals surface area contributed by atoms with E-state index in [4.69, 9.17) is 0 Å². The third kappa shape index (κ3) is 2.56. The highest BCUT2D eigenvalue weighted by Gasteiger charge is 2.40. The molecule has 0 bridgehead atoms. The molecule has 0 aromatic heterocycles. The van der Waals surface area contributed by atoms with Gasteiger partial charge in [0, 0.05) is 12.1 Å². The van der Waals surface area contributed by atoms with Crippen molar-refractivity contribution in [1.29, 1.82) is 0 Å². The minimum atomic E-state index is -0.128. The lowest BCUT2D eigenvalue weighted by atomic mass is 9.74. The van der Waals surface area contributed by atoms with E-state index in [2.05, 4.69) is 35.2 Å². The Hall–Kier alpha value is -0.860. The van der Waals surface area contributed by atoms with Crippen LogP contribution < -0.4 is 0 Å². The molecule has 1 atom stereocenters. The van der Waals surface area contributed by atoms with Crippen LogP contribution in [0.4, 0.5) is 0 Å². The molecule has 1 aliphatic carbocycles. The van der Waals surface area contributed by atoms with Crippen LogP contribution in [0.3, 0.4) is 0 Å². The highest BCUT2D eigenvalue weighted by molar-refractivity contribution is 5.25. The van der Waals surface area contributed by atoms with Crippen LogP contribution in [0.25, 0.3) is 0 Å². The maximum absolute atomic E-state index is 10.0. The number of rotatable bonds is 2. The summed E-state index contributed by atoms with van der Waals surface area (Å²) in [7, 11) is 0. The summed E-state index contributed by atoms with van der Waals surface area (Å²) in [6.45, 7) is 2.00. The zero-order chi connectivity index (χ0) is 13.1. The van der Waals surface area contributed by atoms with E-state index in [0.29, 0.717) is 0 Å². The molecule has 1 N–H and O–H groups in total. The van der Waals surface area contributed by atoms with Gasteiger partial charge in [-0.1, -0.05) is 49.6 Å². The van der Waals surface area contributed by atoms with Crippen LogP contribution in [0, 0.1) is 0 Å². The second kappa shape index (κ2) is 5.64. The van der Waals surface area contributed by atoms with Crippen LogP contribution in [0.15, 0.2) is 30.3 Å². The number of β-amino-alcohol motifs (C(OH)–C–C–N with tert-alkyl or cyclic N) is 1. The lowest BCUT2D eigenvalue weighted by Crippen LogP contribution is -2.52. The van der Waals surface area contributed by atoms with Gasteiger partial charge in [0.1, 0.15) is 0 Å². The Kier molecular flexibility index (Phi) is 3.90. The number of nitrogens with zero attached hydrogens (tertiary/aromatic N) is 1. The SMILES string of the molecule is O[C@@H]1CCCN(C2(c3ccccc3)CCCCC2)C1. The number of aliphatic hydroxyl groups excluding tert-OH is 1. The second-order valence-corrected chi connectivity index (χ2v) is 6.20. The van der Waals surface area contributed by atoms with Crippen molar-refractivity contribution in [3.05, 3.63) is 35.9 Å². The minimum absolute atomic E-state index is 0.128. The highest BCUT2D eigenvalue weighted by Crippen LogP contribution is 2.43. The van der Waals surface area contributed by atoms with E-state index in [1.165, 1.54) is 37.7 Å². The molecule has 1 heterocycles. The molecular formula is C17H25NO. The summed E-state index contributed by atoms with van der Waals surface area (Å²) < 4.78 is 0. The van der Waals surface area contributed by atoms with Crippen LogP contribution in [0.5, 0.6) is 0 Å². The van der Waals surface area contributed by atoms with E-state index in [-0.39, 0.29) is 11.6 Å². The van der Waals surface area contributed by atoms with Crippen molar-refractivity contribution in [2.45, 2.75) is 56.6 Å². The quantitative estimate of drug-likeness (QED) is 0.881. The van der Waals surface area contributed by atoms with Crippen LogP contribution in [-0.4, -0.2) is 29.2 Å². The molecule has 0 radical (unpaired) electrons. The number of benzene rings is 1. The third-order valence-corrected chi connectivity index (χ3v) is 4.99. The van der Waals surface area contributed by atoms with Gasteiger partial charge in [-0.2, -0.15) is 0 Å². The first-order valence-corrected chi connectivity index (χ1v) is 7.80. The fourth-order valence-electron chi connectivity index (χ4n) is 4.02. The van der Waals surface area contributed by atoms with Crippen molar-refractivity contribution in [2.75, 3.05) is 13.1 Å². The van der Waals surface area contributed by atoms with E-state index >= 15 is 0 Å². The Balaban J connectivity index is 1.92. The molecule has 19 heavy (non-hydrogen) atoms. The van der Waals surface area contributed by atoms with Gasteiger partial charge in [-0.25, -0.2) is 0 Å². The topological polar surface area (TPSA) is 23.5 Å². The van der Waals surface area contributed by atoms with E-state index in [0.717, 1.165) is 25.9 Å². The maximum atomic E-state index is 10.0. The Morgan fingerprint density at radius 3 is 2.42 bits per heavy atom. The van der Waals surface area contributed by atoms with Gasteiger partial charge in [0.15, 0.2) is 0 Å². The van der Waals surface area contributed by atoms with E-state index in [1.807, 2.05) is 0 Å². The average Bonchev–Trinajstić information content (AvgIpc) is 2.49. The first-order chi connectivity index (χ1) is 9.31. The molecule has 1 aliphatic heterocycles. The van der Waals surface area contributed by atoms with Gasteiger partial charge in [-0.15, -0.1) is 0 Å². The van der Waals surface area contributed by atoms with E-state index in [1.54, 1.807) is 0 Å². The van der Waals surface area contributed by atoms with Gasteiger partial charge in [0.2, 0.25) is 0 Å². The molecule has 0 unspecified atom stereocenters. The van der Waals surface area contributed by atoms with Crippen LogP contribution in [-0.2, 0) is 5.54 Å². The predicted octanol–water partition coefficient (Wildman–Crippen LogP) is 3.30. The van der Waals surface area contributed by atoms with E-state index < -0.39 is 0 Å². The Morgan fingerprint density at radius 2 is 1.74 bits per heavy atom. The standard InChI is InChI=1S/C17H25NO/c19-16-10-7-13-18(14-16)17(11-5-2-6-12-17)15-8-3-1-4-9-15/h1,3-4,8-9,16,19H,2,5-7,10-14H2/t16-/m1/s1. The normalized spacial score (nSPS) is 28.2. The van der Waals surface area contributed by atoms with Crippen LogP contribution in [0.1, 0.15) is 50.5 Å².